The summed E-state index contributed by atoms with van der Waals surface area (Å²) in [4.78, 5) is 17.3. The van der Waals surface area contributed by atoms with Gasteiger partial charge < -0.3 is 20.7 Å². The lowest BCUT2D eigenvalue weighted by molar-refractivity contribution is -0.138. The summed E-state index contributed by atoms with van der Waals surface area (Å²) >= 11 is 0. The summed E-state index contributed by atoms with van der Waals surface area (Å²) in [6.07, 6.45) is -2.95. The molecule has 200 valence electrons. The topological polar surface area (TPSA) is 97.4 Å². The first-order valence-corrected chi connectivity index (χ1v) is 12.3. The van der Waals surface area contributed by atoms with E-state index in [0.717, 1.165) is 38.8 Å². The van der Waals surface area contributed by atoms with E-state index >= 15 is 0 Å². The van der Waals surface area contributed by atoms with E-state index < -0.39 is 11.7 Å². The molecule has 0 spiro atoms. The lowest BCUT2D eigenvalue weighted by atomic mass is 10.0. The molecule has 5 rings (SSSR count). The van der Waals surface area contributed by atoms with Gasteiger partial charge in [0.25, 0.3) is 0 Å². The van der Waals surface area contributed by atoms with Gasteiger partial charge in [-0.15, -0.1) is 0 Å². The number of piperazine rings is 1. The molecule has 0 atom stereocenters. The van der Waals surface area contributed by atoms with Crippen molar-refractivity contribution in [1.82, 2.24) is 29.3 Å². The SMILES string of the molecule is CCN1CCN(Cc2ccc(Nc3nc4ccc(Oc5ccnc(N)c5)nc4n3C)cc2C(F)(F)F)CC1. The van der Waals surface area contributed by atoms with E-state index in [2.05, 4.69) is 37.0 Å². The van der Waals surface area contributed by atoms with Crippen LogP contribution in [0.15, 0.2) is 48.7 Å². The summed E-state index contributed by atoms with van der Waals surface area (Å²) in [6, 6.07) is 11.0. The van der Waals surface area contributed by atoms with E-state index in [9.17, 15) is 13.2 Å². The van der Waals surface area contributed by atoms with Crippen LogP contribution in [0, 0.1) is 0 Å². The number of aryl methyl sites for hydroxylation is 1. The van der Waals surface area contributed by atoms with Crippen LogP contribution >= 0.6 is 0 Å². The predicted molar refractivity (Wildman–Crippen MR) is 139 cm³/mol. The van der Waals surface area contributed by atoms with Crippen LogP contribution in [0.2, 0.25) is 0 Å². The Morgan fingerprint density at radius 2 is 1.76 bits per heavy atom. The van der Waals surface area contributed by atoms with Crippen molar-refractivity contribution in [3.8, 4) is 11.6 Å². The Bertz CT molecular complexity index is 1430. The van der Waals surface area contributed by atoms with Crippen molar-refractivity contribution in [1.29, 1.82) is 0 Å². The smallest absolute Gasteiger partial charge is 0.416 e. The minimum Gasteiger partial charge on any atom is -0.439 e. The number of pyridine rings is 2. The Morgan fingerprint density at radius 3 is 2.47 bits per heavy atom. The zero-order valence-electron chi connectivity index (χ0n) is 21.2. The van der Waals surface area contributed by atoms with Crippen LogP contribution in [0.5, 0.6) is 11.6 Å². The Kier molecular flexibility index (Phi) is 7.09. The molecular weight excluding hydrogens is 497 g/mol. The van der Waals surface area contributed by atoms with Crippen molar-refractivity contribution in [2.45, 2.75) is 19.6 Å². The van der Waals surface area contributed by atoms with Crippen LogP contribution in [0.25, 0.3) is 11.2 Å². The molecule has 4 aromatic rings. The van der Waals surface area contributed by atoms with Gasteiger partial charge in [0, 0.05) is 63.8 Å². The van der Waals surface area contributed by atoms with Crippen molar-refractivity contribution in [3.63, 3.8) is 0 Å². The third-order valence-corrected chi connectivity index (χ3v) is 6.64. The van der Waals surface area contributed by atoms with Gasteiger partial charge in [0.05, 0.1) is 5.56 Å². The van der Waals surface area contributed by atoms with E-state index in [4.69, 9.17) is 10.5 Å². The minimum absolute atomic E-state index is 0.259. The summed E-state index contributed by atoms with van der Waals surface area (Å²) in [7, 11) is 1.73. The summed E-state index contributed by atoms with van der Waals surface area (Å²) in [5.74, 6) is 1.48. The van der Waals surface area contributed by atoms with E-state index in [-0.39, 0.29) is 12.1 Å². The number of nitrogens with two attached hydrogens (primary N) is 1. The first-order valence-electron chi connectivity index (χ1n) is 12.3. The Morgan fingerprint density at radius 1 is 1.00 bits per heavy atom. The average Bonchev–Trinajstić information content (AvgIpc) is 3.19. The van der Waals surface area contributed by atoms with Crippen LogP contribution < -0.4 is 15.8 Å². The van der Waals surface area contributed by atoms with E-state index in [0.29, 0.717) is 40.2 Å². The normalized spacial score (nSPS) is 15.2. The predicted octanol–water partition coefficient (Wildman–Crippen LogP) is 4.64. The standard InChI is InChI=1S/C26H29F3N8O/c1-3-36-10-12-37(13-11-36)16-17-4-5-18(14-20(17)26(27,28)29)32-25-33-21-6-7-23(34-24(21)35(25)2)38-19-8-9-31-22(30)15-19/h4-9,14-15H,3,10-13,16H2,1-2H3,(H2,30,31)(H,32,33). The molecule has 1 saturated heterocycles. The highest BCUT2D eigenvalue weighted by atomic mass is 19.4. The number of ether oxygens (including phenoxy) is 1. The number of hydrogen-bond acceptors (Lipinski definition) is 8. The highest BCUT2D eigenvalue weighted by Crippen LogP contribution is 2.35. The van der Waals surface area contributed by atoms with Gasteiger partial charge >= 0.3 is 6.18 Å². The van der Waals surface area contributed by atoms with Gasteiger partial charge in [0.2, 0.25) is 11.8 Å². The molecule has 1 fully saturated rings. The van der Waals surface area contributed by atoms with Gasteiger partial charge in [-0.1, -0.05) is 13.0 Å². The molecule has 3 N–H and O–H groups in total. The number of aromatic nitrogens is 4. The van der Waals surface area contributed by atoms with Crippen molar-refractivity contribution >= 4 is 28.6 Å². The number of alkyl halides is 3. The number of halogens is 3. The number of nitrogen functional groups attached to an aromatic ring is 1. The lowest BCUT2D eigenvalue weighted by Gasteiger charge is -2.34. The van der Waals surface area contributed by atoms with Crippen molar-refractivity contribution in [2.75, 3.05) is 43.8 Å². The Hall–Kier alpha value is -3.90. The third kappa shape index (κ3) is 5.65. The number of anilines is 3. The summed E-state index contributed by atoms with van der Waals surface area (Å²) < 4.78 is 49.5. The fourth-order valence-corrected chi connectivity index (χ4v) is 4.52. The van der Waals surface area contributed by atoms with Gasteiger partial charge in [-0.05, 0) is 36.4 Å². The molecule has 3 aromatic heterocycles. The number of hydrogen-bond donors (Lipinski definition) is 2. The molecule has 0 bridgehead atoms. The molecule has 1 aromatic carbocycles. The second-order valence-electron chi connectivity index (χ2n) is 9.21. The summed E-state index contributed by atoms with van der Waals surface area (Å²) in [6.45, 7) is 6.53. The molecule has 4 heterocycles. The molecule has 0 aliphatic carbocycles. The van der Waals surface area contributed by atoms with Crippen LogP contribution in [0.1, 0.15) is 18.1 Å². The number of fused-ring (bicyclic) bond motifs is 1. The van der Waals surface area contributed by atoms with Crippen LogP contribution in [0.4, 0.5) is 30.6 Å². The monoisotopic (exact) mass is 526 g/mol. The molecule has 38 heavy (non-hydrogen) atoms. The van der Waals surface area contributed by atoms with Crippen LogP contribution in [-0.2, 0) is 19.8 Å². The molecule has 0 saturated carbocycles. The molecule has 9 nitrogen and oxygen atoms in total. The number of nitrogens with zero attached hydrogens (tertiary/aromatic N) is 6. The van der Waals surface area contributed by atoms with Crippen LogP contribution in [0.3, 0.4) is 0 Å². The van der Waals surface area contributed by atoms with E-state index in [1.807, 2.05) is 0 Å². The maximum Gasteiger partial charge on any atom is 0.416 e. The molecule has 12 heteroatoms. The van der Waals surface area contributed by atoms with Gasteiger partial charge in [0.1, 0.15) is 17.1 Å². The summed E-state index contributed by atoms with van der Waals surface area (Å²) in [5.41, 5.74) is 6.67. The molecule has 0 unspecified atom stereocenters. The highest BCUT2D eigenvalue weighted by molar-refractivity contribution is 5.76. The zero-order chi connectivity index (χ0) is 26.9. The lowest BCUT2D eigenvalue weighted by Crippen LogP contribution is -2.45. The van der Waals surface area contributed by atoms with E-state index in [1.54, 1.807) is 48.0 Å². The molecule has 1 aliphatic rings. The quantitative estimate of drug-likeness (QED) is 0.360. The number of nitrogens with one attached hydrogen (secondary N) is 1. The van der Waals surface area contributed by atoms with Crippen LogP contribution in [-0.4, -0.2) is 62.0 Å². The van der Waals surface area contributed by atoms with Gasteiger partial charge in [-0.25, -0.2) is 9.97 Å². The number of likely N-dealkylation sites (N-methyl/N-ethyl adjacent to an activating group) is 1. The molecule has 0 radical (unpaired) electrons. The molecule has 0 amide bonds. The number of imidazole rings is 1. The molecule has 1 aliphatic heterocycles. The largest absolute Gasteiger partial charge is 0.439 e. The van der Waals surface area contributed by atoms with Gasteiger partial charge in [-0.3, -0.25) is 9.47 Å². The van der Waals surface area contributed by atoms with Crippen molar-refractivity contribution < 1.29 is 17.9 Å². The maximum atomic E-state index is 14.0. The molecular formula is C26H29F3N8O. The van der Waals surface area contributed by atoms with Crippen molar-refractivity contribution in [3.05, 3.63) is 59.8 Å². The maximum absolute atomic E-state index is 14.0. The first kappa shape index (κ1) is 25.7. The number of rotatable bonds is 7. The minimum atomic E-state index is -4.48. The second kappa shape index (κ2) is 10.5. The number of benzene rings is 1. The van der Waals surface area contributed by atoms with Gasteiger partial charge in [0.15, 0.2) is 5.65 Å². The average molecular weight is 527 g/mol. The van der Waals surface area contributed by atoms with E-state index in [1.165, 1.54) is 6.20 Å². The second-order valence-corrected chi connectivity index (χ2v) is 9.21. The van der Waals surface area contributed by atoms with Crippen molar-refractivity contribution in [2.24, 2.45) is 7.05 Å². The summed E-state index contributed by atoms with van der Waals surface area (Å²) in [5, 5.41) is 3.02. The van der Waals surface area contributed by atoms with Gasteiger partial charge in [-0.2, -0.15) is 18.2 Å². The fraction of sp³-hybridized carbons (Fsp3) is 0.346. The zero-order valence-corrected chi connectivity index (χ0v) is 21.2. The Labute approximate surface area is 218 Å². The third-order valence-electron chi connectivity index (χ3n) is 6.64. The Balaban J connectivity index is 1.36. The highest BCUT2D eigenvalue weighted by Gasteiger charge is 2.34. The fourth-order valence-electron chi connectivity index (χ4n) is 4.52. The first-order chi connectivity index (χ1) is 18.2.